The smallest absolute Gasteiger partial charge is 0.262 e. The molecule has 0 aliphatic rings. The van der Waals surface area contributed by atoms with Crippen molar-refractivity contribution in [2.24, 2.45) is 0 Å². The zero-order chi connectivity index (χ0) is 25.9. The van der Waals surface area contributed by atoms with Gasteiger partial charge in [0.2, 0.25) is 0 Å². The molecule has 0 bridgehead atoms. The minimum absolute atomic E-state index is 0.119. The highest BCUT2D eigenvalue weighted by Gasteiger charge is 2.21. The van der Waals surface area contributed by atoms with Gasteiger partial charge < -0.3 is 10.1 Å². The number of nitrogens with one attached hydrogen (secondary N) is 1. The summed E-state index contributed by atoms with van der Waals surface area (Å²) in [5, 5.41) is 3.25. The van der Waals surface area contributed by atoms with Crippen LogP contribution in [0.2, 0.25) is 0 Å². The number of thiophene rings is 1. The second-order valence-corrected chi connectivity index (χ2v) is 9.93. The van der Waals surface area contributed by atoms with E-state index in [1.165, 1.54) is 11.3 Å². The summed E-state index contributed by atoms with van der Waals surface area (Å²) in [6.07, 6.45) is 0. The first kappa shape index (κ1) is 23.7. The second-order valence-electron chi connectivity index (χ2n) is 8.85. The number of aromatic nitrogens is 2. The number of benzene rings is 4. The summed E-state index contributed by atoms with van der Waals surface area (Å²) in [5.74, 6) is 1.47. The van der Waals surface area contributed by atoms with Crippen molar-refractivity contribution >= 4 is 28.3 Å². The highest BCUT2D eigenvalue weighted by atomic mass is 32.1. The van der Waals surface area contributed by atoms with E-state index in [1.807, 2.05) is 115 Å². The summed E-state index contributed by atoms with van der Waals surface area (Å²) in [7, 11) is 1.66. The number of fused-ring (bicyclic) bond motifs is 1. The Kier molecular flexibility index (Phi) is 6.46. The number of carbonyl (C=O) groups excluding carboxylic acids is 1. The van der Waals surface area contributed by atoms with Crippen molar-refractivity contribution in [1.29, 1.82) is 0 Å². The molecule has 2 heterocycles. The molecule has 0 aliphatic carbocycles. The van der Waals surface area contributed by atoms with Crippen LogP contribution in [-0.4, -0.2) is 22.6 Å². The van der Waals surface area contributed by atoms with Gasteiger partial charge in [-0.05, 0) is 59.7 Å². The predicted molar refractivity (Wildman–Crippen MR) is 153 cm³/mol. The maximum atomic E-state index is 13.5. The topological polar surface area (TPSA) is 56.1 Å². The molecule has 1 N–H and O–H groups in total. The molecule has 4 aromatic carbocycles. The lowest BCUT2D eigenvalue weighted by atomic mass is 9.98. The average molecular weight is 516 g/mol. The van der Waals surface area contributed by atoms with Crippen LogP contribution in [-0.2, 0) is 0 Å². The Labute approximate surface area is 225 Å². The molecular formula is C32H25N3O2S. The van der Waals surface area contributed by atoms with Crippen molar-refractivity contribution in [3.8, 4) is 22.1 Å². The molecule has 0 saturated carbocycles. The first-order valence-corrected chi connectivity index (χ1v) is 13.2. The standard InChI is InChI=1S/C32H25N3O2S/c1-37-25-18-16-24(17-19-25)35-27-15-9-8-14-26(27)33-31(35)28-20-21-29(38-28)32(36)34-30(22-10-4-2-5-11-22)23-12-6-3-7-13-23/h2-21,30H,1H3,(H,34,36). The van der Waals surface area contributed by atoms with E-state index < -0.39 is 0 Å². The van der Waals surface area contributed by atoms with E-state index >= 15 is 0 Å². The van der Waals surface area contributed by atoms with Gasteiger partial charge in [0.1, 0.15) is 5.75 Å². The molecule has 6 aromatic rings. The zero-order valence-electron chi connectivity index (χ0n) is 20.7. The molecule has 38 heavy (non-hydrogen) atoms. The molecule has 0 saturated heterocycles. The van der Waals surface area contributed by atoms with E-state index in [1.54, 1.807) is 7.11 Å². The number of amides is 1. The molecular weight excluding hydrogens is 490 g/mol. The largest absolute Gasteiger partial charge is 0.497 e. The van der Waals surface area contributed by atoms with Crippen molar-refractivity contribution in [3.05, 3.63) is 137 Å². The minimum atomic E-state index is -0.251. The van der Waals surface area contributed by atoms with E-state index in [0.717, 1.165) is 44.3 Å². The third-order valence-electron chi connectivity index (χ3n) is 6.48. The van der Waals surface area contributed by atoms with Gasteiger partial charge in [0.15, 0.2) is 5.82 Å². The number of hydrogen-bond acceptors (Lipinski definition) is 4. The molecule has 6 rings (SSSR count). The SMILES string of the molecule is COc1ccc(-n2c(-c3ccc(C(=O)NC(c4ccccc4)c4ccccc4)s3)nc3ccccc32)cc1. The Balaban J connectivity index is 1.36. The molecule has 0 aliphatic heterocycles. The highest BCUT2D eigenvalue weighted by molar-refractivity contribution is 7.17. The van der Waals surface area contributed by atoms with Gasteiger partial charge in [-0.2, -0.15) is 0 Å². The lowest BCUT2D eigenvalue weighted by Gasteiger charge is -2.19. The summed E-state index contributed by atoms with van der Waals surface area (Å²) in [5.41, 5.74) is 4.93. The van der Waals surface area contributed by atoms with Gasteiger partial charge in [-0.1, -0.05) is 72.8 Å². The maximum absolute atomic E-state index is 13.5. The number of nitrogens with zero attached hydrogens (tertiary/aromatic N) is 2. The Morgan fingerprint density at radius 2 is 1.42 bits per heavy atom. The number of methoxy groups -OCH3 is 1. The Hall–Kier alpha value is -4.68. The molecule has 1 amide bonds. The maximum Gasteiger partial charge on any atom is 0.262 e. The fraction of sp³-hybridized carbons (Fsp3) is 0.0625. The van der Waals surface area contributed by atoms with Crippen molar-refractivity contribution in [3.63, 3.8) is 0 Å². The molecule has 2 aromatic heterocycles. The molecule has 0 spiro atoms. The summed E-state index contributed by atoms with van der Waals surface area (Å²) in [6, 6.07) is 39.6. The van der Waals surface area contributed by atoms with Gasteiger partial charge in [0.05, 0.1) is 33.9 Å². The van der Waals surface area contributed by atoms with Crippen LogP contribution in [0, 0.1) is 0 Å². The molecule has 186 valence electrons. The van der Waals surface area contributed by atoms with Crippen LogP contribution in [0.3, 0.4) is 0 Å². The lowest BCUT2D eigenvalue weighted by molar-refractivity contribution is 0.0947. The molecule has 0 fully saturated rings. The van der Waals surface area contributed by atoms with Gasteiger partial charge in [0.25, 0.3) is 5.91 Å². The zero-order valence-corrected chi connectivity index (χ0v) is 21.6. The number of imidazole rings is 1. The van der Waals surface area contributed by atoms with Crippen molar-refractivity contribution in [2.45, 2.75) is 6.04 Å². The fourth-order valence-electron chi connectivity index (χ4n) is 4.62. The van der Waals surface area contributed by atoms with Gasteiger partial charge in [0, 0.05) is 5.69 Å². The minimum Gasteiger partial charge on any atom is -0.497 e. The van der Waals surface area contributed by atoms with E-state index in [2.05, 4.69) is 16.0 Å². The third kappa shape index (κ3) is 4.58. The Morgan fingerprint density at radius 3 is 2.08 bits per heavy atom. The second kappa shape index (κ2) is 10.4. The van der Waals surface area contributed by atoms with Crippen molar-refractivity contribution in [2.75, 3.05) is 7.11 Å². The molecule has 0 radical (unpaired) electrons. The summed E-state index contributed by atoms with van der Waals surface area (Å²) in [6.45, 7) is 0. The quantitative estimate of drug-likeness (QED) is 0.243. The molecule has 5 nitrogen and oxygen atoms in total. The predicted octanol–water partition coefficient (Wildman–Crippen LogP) is 7.28. The van der Waals surface area contributed by atoms with Crippen LogP contribution in [0.25, 0.3) is 27.4 Å². The van der Waals surface area contributed by atoms with E-state index in [0.29, 0.717) is 4.88 Å². The number of hydrogen-bond donors (Lipinski definition) is 1. The average Bonchev–Trinajstić information content (AvgIpc) is 3.62. The molecule has 0 atom stereocenters. The van der Waals surface area contributed by atoms with Crippen LogP contribution in [0.4, 0.5) is 0 Å². The third-order valence-corrected chi connectivity index (χ3v) is 7.56. The summed E-state index contributed by atoms with van der Waals surface area (Å²) in [4.78, 5) is 20.0. The van der Waals surface area contributed by atoms with E-state index in [9.17, 15) is 4.79 Å². The van der Waals surface area contributed by atoms with Crippen LogP contribution in [0.1, 0.15) is 26.8 Å². The summed E-state index contributed by atoms with van der Waals surface area (Å²) >= 11 is 1.44. The molecule has 0 unspecified atom stereocenters. The normalized spacial score (nSPS) is 11.1. The van der Waals surface area contributed by atoms with Gasteiger partial charge in [-0.3, -0.25) is 9.36 Å². The number of ether oxygens (including phenoxy) is 1. The Bertz CT molecular complexity index is 1650. The summed E-state index contributed by atoms with van der Waals surface area (Å²) < 4.78 is 7.47. The van der Waals surface area contributed by atoms with Gasteiger partial charge in [-0.15, -0.1) is 11.3 Å². The van der Waals surface area contributed by atoms with Crippen LogP contribution >= 0.6 is 11.3 Å². The van der Waals surface area contributed by atoms with Crippen LogP contribution in [0.15, 0.2) is 121 Å². The fourth-order valence-corrected chi connectivity index (χ4v) is 5.51. The first-order valence-electron chi connectivity index (χ1n) is 12.3. The van der Waals surface area contributed by atoms with Crippen molar-refractivity contribution < 1.29 is 9.53 Å². The number of rotatable bonds is 7. The van der Waals surface area contributed by atoms with Crippen LogP contribution in [0.5, 0.6) is 5.75 Å². The first-order chi connectivity index (χ1) is 18.7. The molecule has 6 heteroatoms. The number of para-hydroxylation sites is 2. The monoisotopic (exact) mass is 515 g/mol. The number of carbonyl (C=O) groups is 1. The lowest BCUT2D eigenvalue weighted by Crippen LogP contribution is -2.28. The van der Waals surface area contributed by atoms with E-state index in [4.69, 9.17) is 9.72 Å². The van der Waals surface area contributed by atoms with Gasteiger partial charge in [-0.25, -0.2) is 4.98 Å². The van der Waals surface area contributed by atoms with Crippen molar-refractivity contribution in [1.82, 2.24) is 14.9 Å². The van der Waals surface area contributed by atoms with E-state index in [-0.39, 0.29) is 11.9 Å². The van der Waals surface area contributed by atoms with Crippen LogP contribution < -0.4 is 10.1 Å². The highest BCUT2D eigenvalue weighted by Crippen LogP contribution is 2.34. The van der Waals surface area contributed by atoms with Gasteiger partial charge >= 0.3 is 0 Å². The Morgan fingerprint density at radius 1 is 0.789 bits per heavy atom.